The van der Waals surface area contributed by atoms with Crippen LogP contribution in [0.1, 0.15) is 11.1 Å². The number of hydrogen-bond acceptors (Lipinski definition) is 2. The van der Waals surface area contributed by atoms with Crippen LogP contribution < -0.4 is 10.5 Å². The highest BCUT2D eigenvalue weighted by Crippen LogP contribution is 2.28. The molecule has 0 fully saturated rings. The number of benzene rings is 3. The Morgan fingerprint density at radius 3 is 2.45 bits per heavy atom. The van der Waals surface area contributed by atoms with E-state index in [-0.39, 0.29) is 0 Å². The van der Waals surface area contributed by atoms with Gasteiger partial charge in [0, 0.05) is 5.02 Å². The summed E-state index contributed by atoms with van der Waals surface area (Å²) >= 11 is 11.1. The summed E-state index contributed by atoms with van der Waals surface area (Å²) in [6.45, 7) is 0.436. The number of rotatable bonds is 4. The van der Waals surface area contributed by atoms with Gasteiger partial charge in [0.25, 0.3) is 0 Å². The zero-order valence-corrected chi connectivity index (χ0v) is 13.3. The Balaban J connectivity index is 1.94. The van der Waals surface area contributed by atoms with E-state index in [1.165, 1.54) is 0 Å². The lowest BCUT2D eigenvalue weighted by Crippen LogP contribution is -2.12. The Morgan fingerprint density at radius 1 is 1.00 bits per heavy atom. The first kappa shape index (κ1) is 14.8. The second-order valence-corrected chi connectivity index (χ2v) is 5.82. The van der Waals surface area contributed by atoms with Crippen LogP contribution in [0, 0.1) is 0 Å². The van der Waals surface area contributed by atoms with Gasteiger partial charge in [0.2, 0.25) is 0 Å². The van der Waals surface area contributed by atoms with Crippen LogP contribution in [0.25, 0.3) is 10.8 Å². The Kier molecular flexibility index (Phi) is 4.27. The van der Waals surface area contributed by atoms with Crippen LogP contribution in [0.4, 0.5) is 0 Å². The maximum absolute atomic E-state index is 5.92. The van der Waals surface area contributed by atoms with Crippen molar-refractivity contribution in [1.29, 1.82) is 0 Å². The molecule has 0 heterocycles. The van der Waals surface area contributed by atoms with Crippen LogP contribution in [0.15, 0.2) is 60.7 Å². The number of halogens is 1. The lowest BCUT2D eigenvalue weighted by Gasteiger charge is -2.13. The molecule has 0 aromatic heterocycles. The summed E-state index contributed by atoms with van der Waals surface area (Å²) in [7, 11) is 0. The Morgan fingerprint density at radius 2 is 1.73 bits per heavy atom. The van der Waals surface area contributed by atoms with Gasteiger partial charge in [-0.25, -0.2) is 0 Å². The van der Waals surface area contributed by atoms with Gasteiger partial charge in [0.1, 0.15) is 17.3 Å². The molecule has 0 spiro atoms. The van der Waals surface area contributed by atoms with Crippen molar-refractivity contribution in [2.24, 2.45) is 5.73 Å². The van der Waals surface area contributed by atoms with E-state index in [1.54, 1.807) is 0 Å². The SMILES string of the molecule is NC(=S)c1c(OCc2ccc(Cl)cc2)ccc2ccccc12. The predicted molar refractivity (Wildman–Crippen MR) is 95.6 cm³/mol. The van der Waals surface area contributed by atoms with Crippen LogP contribution >= 0.6 is 23.8 Å². The molecule has 0 aliphatic rings. The van der Waals surface area contributed by atoms with Gasteiger partial charge in [-0.05, 0) is 34.5 Å². The first-order chi connectivity index (χ1) is 10.6. The van der Waals surface area contributed by atoms with Gasteiger partial charge < -0.3 is 10.5 Å². The van der Waals surface area contributed by atoms with Crippen molar-refractivity contribution in [3.05, 3.63) is 76.8 Å². The fourth-order valence-corrected chi connectivity index (χ4v) is 2.70. The number of ether oxygens (including phenoxy) is 1. The lowest BCUT2D eigenvalue weighted by molar-refractivity contribution is 0.306. The highest BCUT2D eigenvalue weighted by atomic mass is 35.5. The van der Waals surface area contributed by atoms with E-state index >= 15 is 0 Å². The fraction of sp³-hybridized carbons (Fsp3) is 0.0556. The average molecular weight is 328 g/mol. The summed E-state index contributed by atoms with van der Waals surface area (Å²) in [5.74, 6) is 0.696. The second kappa shape index (κ2) is 6.34. The van der Waals surface area contributed by atoms with Gasteiger partial charge in [-0.3, -0.25) is 0 Å². The van der Waals surface area contributed by atoms with Gasteiger partial charge in [-0.15, -0.1) is 0 Å². The number of thiocarbonyl (C=S) groups is 1. The van der Waals surface area contributed by atoms with E-state index < -0.39 is 0 Å². The lowest BCUT2D eigenvalue weighted by atomic mass is 10.0. The van der Waals surface area contributed by atoms with Crippen LogP contribution in [0.3, 0.4) is 0 Å². The first-order valence-corrected chi connectivity index (χ1v) is 7.62. The Hall–Kier alpha value is -2.10. The highest BCUT2D eigenvalue weighted by molar-refractivity contribution is 7.80. The summed E-state index contributed by atoms with van der Waals surface area (Å²) in [4.78, 5) is 0.336. The van der Waals surface area contributed by atoms with E-state index in [1.807, 2.05) is 60.7 Å². The van der Waals surface area contributed by atoms with E-state index in [4.69, 9.17) is 34.3 Å². The van der Waals surface area contributed by atoms with Crippen molar-refractivity contribution < 1.29 is 4.74 Å². The second-order valence-electron chi connectivity index (χ2n) is 4.94. The van der Waals surface area contributed by atoms with Gasteiger partial charge in [-0.1, -0.05) is 66.3 Å². The molecular weight excluding hydrogens is 314 g/mol. The third-order valence-corrected chi connectivity index (χ3v) is 3.90. The Labute approximate surface area is 139 Å². The van der Waals surface area contributed by atoms with Crippen molar-refractivity contribution in [3.8, 4) is 5.75 Å². The molecule has 0 aliphatic carbocycles. The molecule has 110 valence electrons. The molecule has 3 aromatic rings. The largest absolute Gasteiger partial charge is 0.488 e. The summed E-state index contributed by atoms with van der Waals surface area (Å²) in [5, 5.41) is 2.80. The molecule has 0 saturated carbocycles. The monoisotopic (exact) mass is 327 g/mol. The predicted octanol–water partition coefficient (Wildman–Crippen LogP) is 4.71. The van der Waals surface area contributed by atoms with Crippen molar-refractivity contribution >= 4 is 39.6 Å². The molecule has 0 amide bonds. The molecule has 3 rings (SSSR count). The van der Waals surface area contributed by atoms with E-state index in [0.29, 0.717) is 22.4 Å². The van der Waals surface area contributed by atoms with Crippen LogP contribution in [0.5, 0.6) is 5.75 Å². The summed E-state index contributed by atoms with van der Waals surface area (Å²) in [6.07, 6.45) is 0. The minimum Gasteiger partial charge on any atom is -0.488 e. The topological polar surface area (TPSA) is 35.2 Å². The van der Waals surface area contributed by atoms with Crippen LogP contribution in [-0.4, -0.2) is 4.99 Å². The third-order valence-electron chi connectivity index (χ3n) is 3.44. The smallest absolute Gasteiger partial charge is 0.130 e. The molecule has 3 aromatic carbocycles. The molecule has 0 atom stereocenters. The van der Waals surface area contributed by atoms with Crippen LogP contribution in [-0.2, 0) is 6.61 Å². The fourth-order valence-electron chi connectivity index (χ4n) is 2.37. The molecular formula is C18H14ClNOS. The molecule has 0 aliphatic heterocycles. The standard InChI is InChI=1S/C18H14ClNOS/c19-14-8-5-12(6-9-14)11-21-16-10-7-13-3-1-2-4-15(13)17(16)18(20)22/h1-10H,11H2,(H2,20,22). The number of hydrogen-bond donors (Lipinski definition) is 1. The zero-order valence-electron chi connectivity index (χ0n) is 11.8. The number of fused-ring (bicyclic) bond motifs is 1. The molecule has 2 nitrogen and oxygen atoms in total. The van der Waals surface area contributed by atoms with Gasteiger partial charge in [-0.2, -0.15) is 0 Å². The zero-order chi connectivity index (χ0) is 15.5. The van der Waals surface area contributed by atoms with E-state index in [0.717, 1.165) is 21.9 Å². The minimum atomic E-state index is 0.336. The molecule has 0 unspecified atom stereocenters. The molecule has 4 heteroatoms. The van der Waals surface area contributed by atoms with Gasteiger partial charge >= 0.3 is 0 Å². The van der Waals surface area contributed by atoms with Crippen LogP contribution in [0.2, 0.25) is 5.02 Å². The van der Waals surface area contributed by atoms with Crippen molar-refractivity contribution in [1.82, 2.24) is 0 Å². The van der Waals surface area contributed by atoms with Gasteiger partial charge in [0.05, 0.1) is 5.56 Å². The molecule has 2 N–H and O–H groups in total. The average Bonchev–Trinajstić information content (AvgIpc) is 2.53. The molecule has 0 saturated heterocycles. The Bertz CT molecular complexity index is 830. The quantitative estimate of drug-likeness (QED) is 0.705. The number of nitrogens with two attached hydrogens (primary N) is 1. The molecule has 22 heavy (non-hydrogen) atoms. The van der Waals surface area contributed by atoms with Crippen molar-refractivity contribution in [2.75, 3.05) is 0 Å². The molecule has 0 bridgehead atoms. The first-order valence-electron chi connectivity index (χ1n) is 6.84. The van der Waals surface area contributed by atoms with Gasteiger partial charge in [0.15, 0.2) is 0 Å². The normalized spacial score (nSPS) is 10.6. The highest BCUT2D eigenvalue weighted by Gasteiger charge is 2.11. The van der Waals surface area contributed by atoms with E-state index in [9.17, 15) is 0 Å². The third kappa shape index (κ3) is 3.06. The summed E-state index contributed by atoms with van der Waals surface area (Å²) < 4.78 is 5.92. The maximum atomic E-state index is 5.92. The molecule has 0 radical (unpaired) electrons. The summed E-state index contributed by atoms with van der Waals surface area (Å²) in [5.41, 5.74) is 7.72. The summed E-state index contributed by atoms with van der Waals surface area (Å²) in [6, 6.07) is 19.4. The minimum absolute atomic E-state index is 0.336. The van der Waals surface area contributed by atoms with Crippen molar-refractivity contribution in [3.63, 3.8) is 0 Å². The van der Waals surface area contributed by atoms with E-state index in [2.05, 4.69) is 0 Å². The van der Waals surface area contributed by atoms with Crippen molar-refractivity contribution in [2.45, 2.75) is 6.61 Å². The maximum Gasteiger partial charge on any atom is 0.130 e.